The van der Waals surface area contributed by atoms with Gasteiger partial charge in [0.25, 0.3) is 0 Å². The monoisotopic (exact) mass is 419 g/mol. The summed E-state index contributed by atoms with van der Waals surface area (Å²) in [6.45, 7) is 3.28. The summed E-state index contributed by atoms with van der Waals surface area (Å²) in [7, 11) is -3.66. The highest BCUT2D eigenvalue weighted by Crippen LogP contribution is 2.32. The van der Waals surface area contributed by atoms with Gasteiger partial charge in [0.05, 0.1) is 10.5 Å². The van der Waals surface area contributed by atoms with Crippen LogP contribution in [0.5, 0.6) is 11.5 Å². The standard InChI is InChI=1S/C20H21NO7S/c1-3-13(2)21-29(24,25)16-7-4-14(5-8-16)20(23)26-11-17(22)15-6-9-18-19(10-15)28-12-27-18/h4-10,13,21H,3,11-12H2,1-2H3. The Labute approximate surface area is 168 Å². The number of carbonyl (C=O) groups excluding carboxylic acids is 2. The van der Waals surface area contributed by atoms with Crippen molar-refractivity contribution >= 4 is 21.8 Å². The fourth-order valence-electron chi connectivity index (χ4n) is 2.55. The van der Waals surface area contributed by atoms with Crippen LogP contribution in [-0.4, -0.2) is 39.6 Å². The lowest BCUT2D eigenvalue weighted by Crippen LogP contribution is -2.32. The number of sulfonamides is 1. The SMILES string of the molecule is CCC(C)NS(=O)(=O)c1ccc(C(=O)OCC(=O)c2ccc3c(c2)OCO3)cc1. The van der Waals surface area contributed by atoms with Crippen LogP contribution in [0.2, 0.25) is 0 Å². The summed E-state index contributed by atoms with van der Waals surface area (Å²) in [5, 5.41) is 0. The van der Waals surface area contributed by atoms with Crippen LogP contribution in [0.1, 0.15) is 41.0 Å². The van der Waals surface area contributed by atoms with Crippen molar-refractivity contribution in [1.29, 1.82) is 0 Å². The lowest BCUT2D eigenvalue weighted by atomic mass is 10.1. The number of rotatable bonds is 8. The highest BCUT2D eigenvalue weighted by Gasteiger charge is 2.19. The first-order chi connectivity index (χ1) is 13.8. The number of benzene rings is 2. The Hall–Kier alpha value is -2.91. The Morgan fingerprint density at radius 2 is 1.72 bits per heavy atom. The summed E-state index contributed by atoms with van der Waals surface area (Å²) in [6.07, 6.45) is 0.654. The fraction of sp³-hybridized carbons (Fsp3) is 0.300. The molecule has 0 spiro atoms. The van der Waals surface area contributed by atoms with Gasteiger partial charge in [-0.2, -0.15) is 0 Å². The molecule has 154 valence electrons. The van der Waals surface area contributed by atoms with Gasteiger partial charge in [0.15, 0.2) is 23.9 Å². The third-order valence-electron chi connectivity index (χ3n) is 4.40. The lowest BCUT2D eigenvalue weighted by Gasteiger charge is -2.12. The summed E-state index contributed by atoms with van der Waals surface area (Å²) in [6, 6.07) is 9.84. The predicted molar refractivity (Wildman–Crippen MR) is 104 cm³/mol. The Morgan fingerprint density at radius 1 is 1.07 bits per heavy atom. The molecule has 0 amide bonds. The molecule has 9 heteroatoms. The van der Waals surface area contributed by atoms with Gasteiger partial charge in [-0.3, -0.25) is 4.79 Å². The minimum Gasteiger partial charge on any atom is -0.454 e. The Morgan fingerprint density at radius 3 is 2.41 bits per heavy atom. The van der Waals surface area contributed by atoms with E-state index in [-0.39, 0.29) is 23.3 Å². The molecule has 1 aliphatic heterocycles. The molecule has 1 heterocycles. The second-order valence-corrected chi connectivity index (χ2v) is 8.24. The molecule has 0 radical (unpaired) electrons. The van der Waals surface area contributed by atoms with E-state index in [4.69, 9.17) is 14.2 Å². The molecular formula is C20H21NO7S. The lowest BCUT2D eigenvalue weighted by molar-refractivity contribution is 0.0474. The third kappa shape index (κ3) is 4.93. The van der Waals surface area contributed by atoms with Crippen molar-refractivity contribution in [2.45, 2.75) is 31.2 Å². The number of hydrogen-bond acceptors (Lipinski definition) is 7. The van der Waals surface area contributed by atoms with E-state index < -0.39 is 28.4 Å². The van der Waals surface area contributed by atoms with Gasteiger partial charge in [0, 0.05) is 11.6 Å². The molecular weight excluding hydrogens is 398 g/mol. The Bertz CT molecular complexity index is 1020. The normalized spacial score (nSPS) is 13.7. The number of esters is 1. The van der Waals surface area contributed by atoms with Crippen LogP contribution in [0.4, 0.5) is 0 Å². The average Bonchev–Trinajstić information content (AvgIpc) is 3.19. The zero-order chi connectivity index (χ0) is 21.0. The van der Waals surface area contributed by atoms with Crippen LogP contribution in [0.3, 0.4) is 0 Å². The molecule has 0 saturated heterocycles. The maximum Gasteiger partial charge on any atom is 0.338 e. The molecule has 1 atom stereocenters. The van der Waals surface area contributed by atoms with Gasteiger partial charge in [-0.25, -0.2) is 17.9 Å². The van der Waals surface area contributed by atoms with E-state index in [1.807, 2.05) is 6.92 Å². The zero-order valence-electron chi connectivity index (χ0n) is 16.0. The molecule has 0 aliphatic carbocycles. The van der Waals surface area contributed by atoms with Gasteiger partial charge >= 0.3 is 5.97 Å². The molecule has 1 aliphatic rings. The van der Waals surface area contributed by atoms with E-state index >= 15 is 0 Å². The number of fused-ring (bicyclic) bond motifs is 1. The minimum absolute atomic E-state index is 0.0470. The third-order valence-corrected chi connectivity index (χ3v) is 6.00. The van der Waals surface area contributed by atoms with Crippen molar-refractivity contribution in [3.8, 4) is 11.5 Å². The second kappa shape index (κ2) is 8.62. The van der Waals surface area contributed by atoms with Crippen molar-refractivity contribution < 1.29 is 32.2 Å². The number of nitrogens with one attached hydrogen (secondary N) is 1. The topological polar surface area (TPSA) is 108 Å². The number of hydrogen-bond donors (Lipinski definition) is 1. The van der Waals surface area contributed by atoms with Crippen molar-refractivity contribution in [3.05, 3.63) is 53.6 Å². The van der Waals surface area contributed by atoms with E-state index in [1.165, 1.54) is 30.3 Å². The molecule has 29 heavy (non-hydrogen) atoms. The average molecular weight is 419 g/mol. The van der Waals surface area contributed by atoms with E-state index in [0.29, 0.717) is 23.5 Å². The molecule has 0 saturated carbocycles. The largest absolute Gasteiger partial charge is 0.454 e. The number of Topliss-reactive ketones (excluding diaryl/α,β-unsaturated/α-hetero) is 1. The summed E-state index contributed by atoms with van der Waals surface area (Å²) in [5.74, 6) is -0.104. The fourth-order valence-corrected chi connectivity index (χ4v) is 3.88. The highest BCUT2D eigenvalue weighted by molar-refractivity contribution is 7.89. The predicted octanol–water partition coefficient (Wildman–Crippen LogP) is 2.53. The highest BCUT2D eigenvalue weighted by atomic mass is 32.2. The van der Waals surface area contributed by atoms with Gasteiger partial charge in [-0.05, 0) is 55.8 Å². The van der Waals surface area contributed by atoms with Gasteiger partial charge in [0.1, 0.15) is 0 Å². The Kier molecular flexibility index (Phi) is 6.19. The van der Waals surface area contributed by atoms with Gasteiger partial charge in [-0.15, -0.1) is 0 Å². The van der Waals surface area contributed by atoms with Crippen molar-refractivity contribution in [2.24, 2.45) is 0 Å². The van der Waals surface area contributed by atoms with Crippen LogP contribution in [0.15, 0.2) is 47.4 Å². The molecule has 3 rings (SSSR count). The van der Waals surface area contributed by atoms with Crippen LogP contribution in [0.25, 0.3) is 0 Å². The maximum atomic E-state index is 12.2. The molecule has 1 N–H and O–H groups in total. The summed E-state index contributed by atoms with van der Waals surface area (Å²) in [5.41, 5.74) is 0.477. The van der Waals surface area contributed by atoms with Gasteiger partial charge in [-0.1, -0.05) is 6.92 Å². The first-order valence-electron chi connectivity index (χ1n) is 9.02. The quantitative estimate of drug-likeness (QED) is 0.517. The molecule has 0 aromatic heterocycles. The smallest absolute Gasteiger partial charge is 0.338 e. The number of carbonyl (C=O) groups is 2. The van der Waals surface area contributed by atoms with Gasteiger partial charge in [0.2, 0.25) is 16.8 Å². The molecule has 2 aromatic carbocycles. The molecule has 0 bridgehead atoms. The van der Waals surface area contributed by atoms with E-state index in [2.05, 4.69) is 4.72 Å². The number of ketones is 1. The second-order valence-electron chi connectivity index (χ2n) is 6.52. The van der Waals surface area contributed by atoms with Crippen LogP contribution in [-0.2, 0) is 14.8 Å². The van der Waals surface area contributed by atoms with E-state index in [0.717, 1.165) is 0 Å². The van der Waals surface area contributed by atoms with Crippen LogP contribution >= 0.6 is 0 Å². The number of ether oxygens (including phenoxy) is 3. The maximum absolute atomic E-state index is 12.2. The first-order valence-corrected chi connectivity index (χ1v) is 10.5. The Balaban J connectivity index is 1.60. The summed E-state index contributed by atoms with van der Waals surface area (Å²) < 4.78 is 42.5. The van der Waals surface area contributed by atoms with Crippen LogP contribution in [0, 0.1) is 0 Å². The van der Waals surface area contributed by atoms with Crippen LogP contribution < -0.4 is 14.2 Å². The van der Waals surface area contributed by atoms with Crippen molar-refractivity contribution in [3.63, 3.8) is 0 Å². The summed E-state index contributed by atoms with van der Waals surface area (Å²) >= 11 is 0. The molecule has 8 nitrogen and oxygen atoms in total. The first kappa shape index (κ1) is 20.8. The molecule has 1 unspecified atom stereocenters. The molecule has 2 aromatic rings. The van der Waals surface area contributed by atoms with E-state index in [9.17, 15) is 18.0 Å². The van der Waals surface area contributed by atoms with Crippen molar-refractivity contribution in [1.82, 2.24) is 4.72 Å². The van der Waals surface area contributed by atoms with Gasteiger partial charge < -0.3 is 14.2 Å². The zero-order valence-corrected chi connectivity index (χ0v) is 16.8. The van der Waals surface area contributed by atoms with E-state index in [1.54, 1.807) is 19.1 Å². The van der Waals surface area contributed by atoms with Crippen molar-refractivity contribution in [2.75, 3.05) is 13.4 Å². The molecule has 0 fully saturated rings. The summed E-state index contributed by atoms with van der Waals surface area (Å²) in [4.78, 5) is 24.5. The minimum atomic E-state index is -3.66.